The Morgan fingerprint density at radius 3 is 2.72 bits per heavy atom. The van der Waals surface area contributed by atoms with Crippen molar-refractivity contribution >= 4 is 44.4 Å². The molecule has 0 bridgehead atoms. The fraction of sp³-hybridized carbons (Fsp3) is 0.500. The van der Waals surface area contributed by atoms with E-state index in [0.29, 0.717) is 6.04 Å². The SMILES string of the molecule is O=C(c1ccc(I)cc1)N1CCCCC1CCBr. The van der Waals surface area contributed by atoms with Gasteiger partial charge in [0, 0.05) is 27.1 Å². The molecule has 1 aromatic carbocycles. The van der Waals surface area contributed by atoms with Crippen LogP contribution in [-0.2, 0) is 0 Å². The number of piperidine rings is 1. The Morgan fingerprint density at radius 2 is 2.06 bits per heavy atom. The summed E-state index contributed by atoms with van der Waals surface area (Å²) in [6, 6.07) is 8.27. The summed E-state index contributed by atoms with van der Waals surface area (Å²) in [6.45, 7) is 0.905. The molecule has 1 fully saturated rings. The van der Waals surface area contributed by atoms with Gasteiger partial charge < -0.3 is 4.90 Å². The average Bonchev–Trinajstić information content (AvgIpc) is 2.40. The van der Waals surface area contributed by atoms with Crippen LogP contribution in [0, 0.1) is 3.57 Å². The molecule has 98 valence electrons. The number of halogens is 2. The number of amides is 1. The van der Waals surface area contributed by atoms with Crippen LogP contribution in [0.4, 0.5) is 0 Å². The maximum atomic E-state index is 12.5. The molecular formula is C14H17BrINO. The highest BCUT2D eigenvalue weighted by Crippen LogP contribution is 2.22. The lowest BCUT2D eigenvalue weighted by molar-refractivity contribution is 0.0610. The van der Waals surface area contributed by atoms with Gasteiger partial charge in [-0.05, 0) is 72.5 Å². The maximum absolute atomic E-state index is 12.5. The summed E-state index contributed by atoms with van der Waals surface area (Å²) in [7, 11) is 0. The van der Waals surface area contributed by atoms with E-state index in [1.807, 2.05) is 24.3 Å². The topological polar surface area (TPSA) is 20.3 Å². The van der Waals surface area contributed by atoms with E-state index in [1.165, 1.54) is 9.99 Å². The quantitative estimate of drug-likeness (QED) is 0.532. The van der Waals surface area contributed by atoms with Crippen LogP contribution in [0.1, 0.15) is 36.0 Å². The monoisotopic (exact) mass is 421 g/mol. The van der Waals surface area contributed by atoms with Crippen LogP contribution in [0.5, 0.6) is 0 Å². The minimum Gasteiger partial charge on any atom is -0.336 e. The lowest BCUT2D eigenvalue weighted by atomic mass is 9.99. The minimum atomic E-state index is 0.192. The Hall–Kier alpha value is -0.100. The summed E-state index contributed by atoms with van der Waals surface area (Å²) < 4.78 is 1.17. The fourth-order valence-electron chi connectivity index (χ4n) is 2.45. The molecule has 1 atom stereocenters. The summed E-state index contributed by atoms with van der Waals surface area (Å²) in [5, 5.41) is 0.966. The summed E-state index contributed by atoms with van der Waals surface area (Å²) >= 11 is 5.75. The van der Waals surface area contributed by atoms with E-state index in [9.17, 15) is 4.79 Å². The van der Waals surface area contributed by atoms with E-state index in [0.717, 1.165) is 36.7 Å². The number of hydrogen-bond donors (Lipinski definition) is 0. The van der Waals surface area contributed by atoms with Crippen LogP contribution in [0.25, 0.3) is 0 Å². The molecule has 0 aromatic heterocycles. The molecule has 0 saturated carbocycles. The van der Waals surface area contributed by atoms with Crippen LogP contribution in [-0.4, -0.2) is 28.7 Å². The molecule has 1 unspecified atom stereocenters. The maximum Gasteiger partial charge on any atom is 0.254 e. The van der Waals surface area contributed by atoms with Gasteiger partial charge in [-0.15, -0.1) is 0 Å². The lowest BCUT2D eigenvalue weighted by Gasteiger charge is -2.35. The highest BCUT2D eigenvalue weighted by molar-refractivity contribution is 14.1. The predicted molar refractivity (Wildman–Crippen MR) is 86.2 cm³/mol. The zero-order valence-corrected chi connectivity index (χ0v) is 14.0. The second kappa shape index (κ2) is 6.89. The van der Waals surface area contributed by atoms with E-state index in [2.05, 4.69) is 43.4 Å². The van der Waals surface area contributed by atoms with Crippen molar-refractivity contribution in [2.45, 2.75) is 31.7 Å². The van der Waals surface area contributed by atoms with E-state index < -0.39 is 0 Å². The first kappa shape index (κ1) is 14.3. The Kier molecular flexibility index (Phi) is 5.48. The van der Waals surface area contributed by atoms with Gasteiger partial charge in [0.05, 0.1) is 0 Å². The van der Waals surface area contributed by atoms with Crippen molar-refractivity contribution in [3.8, 4) is 0 Å². The molecule has 1 heterocycles. The number of likely N-dealkylation sites (tertiary alicyclic amines) is 1. The molecule has 4 heteroatoms. The number of carbonyl (C=O) groups is 1. The van der Waals surface area contributed by atoms with Gasteiger partial charge in [-0.2, -0.15) is 0 Å². The van der Waals surface area contributed by atoms with Crippen molar-refractivity contribution in [2.24, 2.45) is 0 Å². The number of benzene rings is 1. The Labute approximate surface area is 130 Å². The summed E-state index contributed by atoms with van der Waals surface area (Å²) in [5.74, 6) is 0.192. The zero-order valence-electron chi connectivity index (χ0n) is 10.2. The average molecular weight is 422 g/mol. The van der Waals surface area contributed by atoms with Crippen molar-refractivity contribution in [3.05, 3.63) is 33.4 Å². The van der Waals surface area contributed by atoms with Crippen molar-refractivity contribution in [1.82, 2.24) is 4.90 Å². The smallest absolute Gasteiger partial charge is 0.254 e. The van der Waals surface area contributed by atoms with E-state index in [1.54, 1.807) is 0 Å². The van der Waals surface area contributed by atoms with Gasteiger partial charge in [-0.1, -0.05) is 15.9 Å². The molecule has 1 aliphatic rings. The van der Waals surface area contributed by atoms with Crippen LogP contribution in [0.15, 0.2) is 24.3 Å². The molecule has 2 nitrogen and oxygen atoms in total. The van der Waals surface area contributed by atoms with Gasteiger partial charge in [0.25, 0.3) is 5.91 Å². The fourth-order valence-corrected chi connectivity index (χ4v) is 3.34. The van der Waals surface area contributed by atoms with Gasteiger partial charge in [-0.3, -0.25) is 4.79 Å². The molecule has 0 radical (unpaired) electrons. The van der Waals surface area contributed by atoms with Crippen LogP contribution in [0.2, 0.25) is 0 Å². The summed E-state index contributed by atoms with van der Waals surface area (Å²) in [5.41, 5.74) is 0.817. The summed E-state index contributed by atoms with van der Waals surface area (Å²) in [6.07, 6.45) is 4.57. The minimum absolute atomic E-state index is 0.192. The highest BCUT2D eigenvalue weighted by atomic mass is 127. The molecule has 0 N–H and O–H groups in total. The third-order valence-corrected chi connectivity index (χ3v) is 4.60. The van der Waals surface area contributed by atoms with Gasteiger partial charge in [0.15, 0.2) is 0 Å². The lowest BCUT2D eigenvalue weighted by Crippen LogP contribution is -2.43. The molecule has 2 rings (SSSR count). The number of nitrogens with zero attached hydrogens (tertiary/aromatic N) is 1. The standard InChI is InChI=1S/C14H17BrINO/c15-9-8-13-3-1-2-10-17(13)14(18)11-4-6-12(16)7-5-11/h4-7,13H,1-3,8-10H2. The Morgan fingerprint density at radius 1 is 1.33 bits per heavy atom. The normalized spacial score (nSPS) is 19.9. The third-order valence-electron chi connectivity index (χ3n) is 3.42. The molecule has 1 aromatic rings. The van der Waals surface area contributed by atoms with E-state index in [4.69, 9.17) is 0 Å². The number of rotatable bonds is 3. The largest absolute Gasteiger partial charge is 0.336 e. The van der Waals surface area contributed by atoms with Crippen molar-refractivity contribution in [3.63, 3.8) is 0 Å². The number of hydrogen-bond acceptors (Lipinski definition) is 1. The first-order chi connectivity index (χ1) is 8.72. The van der Waals surface area contributed by atoms with Gasteiger partial charge >= 0.3 is 0 Å². The second-order valence-electron chi connectivity index (χ2n) is 4.63. The van der Waals surface area contributed by atoms with Crippen LogP contribution < -0.4 is 0 Å². The number of carbonyl (C=O) groups excluding carboxylic acids is 1. The molecule has 0 aliphatic carbocycles. The first-order valence-electron chi connectivity index (χ1n) is 6.35. The van der Waals surface area contributed by atoms with Crippen LogP contribution >= 0.6 is 38.5 Å². The predicted octanol–water partition coefficient (Wildman–Crippen LogP) is 4.07. The van der Waals surface area contributed by atoms with Crippen molar-refractivity contribution in [2.75, 3.05) is 11.9 Å². The molecule has 1 aliphatic heterocycles. The van der Waals surface area contributed by atoms with Gasteiger partial charge in [0.2, 0.25) is 0 Å². The Balaban J connectivity index is 2.12. The third kappa shape index (κ3) is 3.47. The summed E-state index contributed by atoms with van der Waals surface area (Å²) in [4.78, 5) is 14.6. The van der Waals surface area contributed by atoms with Crippen molar-refractivity contribution < 1.29 is 4.79 Å². The van der Waals surface area contributed by atoms with Gasteiger partial charge in [0.1, 0.15) is 0 Å². The highest BCUT2D eigenvalue weighted by Gasteiger charge is 2.26. The Bertz CT molecular complexity index is 405. The van der Waals surface area contributed by atoms with Crippen molar-refractivity contribution in [1.29, 1.82) is 0 Å². The molecule has 18 heavy (non-hydrogen) atoms. The molecule has 1 amide bonds. The molecular weight excluding hydrogens is 405 g/mol. The molecule has 1 saturated heterocycles. The van der Waals surface area contributed by atoms with E-state index >= 15 is 0 Å². The van der Waals surface area contributed by atoms with E-state index in [-0.39, 0.29) is 5.91 Å². The second-order valence-corrected chi connectivity index (χ2v) is 6.67. The molecule has 0 spiro atoms. The number of alkyl halides is 1. The van der Waals surface area contributed by atoms with Gasteiger partial charge in [-0.25, -0.2) is 0 Å². The first-order valence-corrected chi connectivity index (χ1v) is 8.55. The van der Waals surface area contributed by atoms with Crippen LogP contribution in [0.3, 0.4) is 0 Å². The zero-order chi connectivity index (χ0) is 13.0.